The molecular weight excluding hydrogens is 254 g/mol. The smallest absolute Gasteiger partial charge is 0.319 e. The Kier molecular flexibility index (Phi) is 4.30. The molecule has 2 aromatic heterocycles. The molecule has 0 fully saturated rings. The number of ether oxygens (including phenoxy) is 1. The molecule has 0 aliphatic rings. The molecule has 0 saturated carbocycles. The summed E-state index contributed by atoms with van der Waals surface area (Å²) in [6.07, 6.45) is 0. The van der Waals surface area contributed by atoms with E-state index in [1.165, 1.54) is 16.9 Å². The van der Waals surface area contributed by atoms with Gasteiger partial charge in [-0.25, -0.2) is 0 Å². The van der Waals surface area contributed by atoms with Gasteiger partial charge in [-0.05, 0) is 22.9 Å². The third-order valence-corrected chi connectivity index (χ3v) is 4.21. The van der Waals surface area contributed by atoms with Crippen LogP contribution in [0.1, 0.15) is 15.8 Å². The third kappa shape index (κ3) is 3.15. The number of hydrogen-bond acceptors (Lipinski definition) is 5. The van der Waals surface area contributed by atoms with Gasteiger partial charge in [0.25, 0.3) is 0 Å². The van der Waals surface area contributed by atoms with Gasteiger partial charge in [-0.1, -0.05) is 12.1 Å². The molecule has 0 unspecified atom stereocenters. The Labute approximate surface area is 108 Å². The van der Waals surface area contributed by atoms with Crippen LogP contribution in [-0.2, 0) is 9.53 Å². The third-order valence-electron chi connectivity index (χ3n) is 2.33. The lowest BCUT2D eigenvalue weighted by molar-refractivity contribution is -0.139. The SMILES string of the molecule is COC(=O)CNC(c1cccs1)c1cccs1. The van der Waals surface area contributed by atoms with E-state index in [0.29, 0.717) is 0 Å². The van der Waals surface area contributed by atoms with E-state index in [1.54, 1.807) is 22.7 Å². The second-order valence-electron chi connectivity index (χ2n) is 3.42. The monoisotopic (exact) mass is 267 g/mol. The number of nitrogens with one attached hydrogen (secondary N) is 1. The van der Waals surface area contributed by atoms with Gasteiger partial charge in [-0.3, -0.25) is 10.1 Å². The molecule has 17 heavy (non-hydrogen) atoms. The van der Waals surface area contributed by atoms with Gasteiger partial charge in [-0.2, -0.15) is 0 Å². The largest absolute Gasteiger partial charge is 0.468 e. The predicted octanol–water partition coefficient (Wildman–Crippen LogP) is 2.66. The fraction of sp³-hybridized carbons (Fsp3) is 0.250. The number of hydrogen-bond donors (Lipinski definition) is 1. The first-order valence-electron chi connectivity index (χ1n) is 5.18. The van der Waals surface area contributed by atoms with Gasteiger partial charge in [-0.15, -0.1) is 22.7 Å². The normalized spacial score (nSPS) is 10.7. The molecule has 0 saturated heterocycles. The molecule has 90 valence electrons. The van der Waals surface area contributed by atoms with Crippen molar-refractivity contribution in [2.75, 3.05) is 13.7 Å². The average molecular weight is 267 g/mol. The minimum atomic E-state index is -0.247. The van der Waals surface area contributed by atoms with Crippen LogP contribution >= 0.6 is 22.7 Å². The standard InChI is InChI=1S/C12H13NO2S2/c1-15-11(14)8-13-12(9-4-2-6-16-9)10-5-3-7-17-10/h2-7,12-13H,8H2,1H3. The first-order valence-corrected chi connectivity index (χ1v) is 6.94. The number of esters is 1. The molecule has 2 rings (SSSR count). The maximum absolute atomic E-state index is 11.2. The van der Waals surface area contributed by atoms with E-state index in [9.17, 15) is 4.79 Å². The summed E-state index contributed by atoms with van der Waals surface area (Å²) in [6.45, 7) is 0.219. The molecule has 0 spiro atoms. The van der Waals surface area contributed by atoms with E-state index in [-0.39, 0.29) is 18.6 Å². The Morgan fingerprint density at radius 2 is 1.88 bits per heavy atom. The first-order chi connectivity index (χ1) is 8.31. The van der Waals surface area contributed by atoms with Crippen molar-refractivity contribution in [2.24, 2.45) is 0 Å². The molecule has 0 radical (unpaired) electrons. The summed E-state index contributed by atoms with van der Waals surface area (Å²) in [4.78, 5) is 13.6. The molecular formula is C12H13NO2S2. The predicted molar refractivity (Wildman–Crippen MR) is 70.5 cm³/mol. The molecule has 0 bridgehead atoms. The van der Waals surface area contributed by atoms with E-state index in [1.807, 2.05) is 22.9 Å². The van der Waals surface area contributed by atoms with Crippen molar-refractivity contribution in [3.63, 3.8) is 0 Å². The van der Waals surface area contributed by atoms with Crippen LogP contribution in [0.5, 0.6) is 0 Å². The fourth-order valence-corrected chi connectivity index (χ4v) is 3.22. The zero-order chi connectivity index (χ0) is 12.1. The second kappa shape index (κ2) is 5.95. The molecule has 1 N–H and O–H groups in total. The van der Waals surface area contributed by atoms with E-state index in [2.05, 4.69) is 22.2 Å². The summed E-state index contributed by atoms with van der Waals surface area (Å²) in [6, 6.07) is 8.24. The molecule has 0 aromatic carbocycles. The van der Waals surface area contributed by atoms with Gasteiger partial charge in [0.05, 0.1) is 19.7 Å². The van der Waals surface area contributed by atoms with Crippen LogP contribution in [0.25, 0.3) is 0 Å². The van der Waals surface area contributed by atoms with Gasteiger partial charge in [0.2, 0.25) is 0 Å². The zero-order valence-corrected chi connectivity index (χ0v) is 11.0. The van der Waals surface area contributed by atoms with Crippen molar-refractivity contribution in [2.45, 2.75) is 6.04 Å². The van der Waals surface area contributed by atoms with E-state index >= 15 is 0 Å². The summed E-state index contributed by atoms with van der Waals surface area (Å²) in [7, 11) is 1.40. The van der Waals surface area contributed by atoms with Crippen LogP contribution in [0.2, 0.25) is 0 Å². The number of carbonyl (C=O) groups is 1. The van der Waals surface area contributed by atoms with Gasteiger partial charge in [0.1, 0.15) is 0 Å². The van der Waals surface area contributed by atoms with Crippen LogP contribution in [0.4, 0.5) is 0 Å². The molecule has 0 atom stereocenters. The van der Waals surface area contributed by atoms with Crippen molar-refractivity contribution in [1.29, 1.82) is 0 Å². The Morgan fingerprint density at radius 3 is 2.29 bits per heavy atom. The molecule has 0 aliphatic heterocycles. The van der Waals surface area contributed by atoms with Crippen LogP contribution < -0.4 is 5.32 Å². The van der Waals surface area contributed by atoms with E-state index < -0.39 is 0 Å². The number of carbonyl (C=O) groups excluding carboxylic acids is 1. The molecule has 0 amide bonds. The van der Waals surface area contributed by atoms with Crippen LogP contribution in [0.3, 0.4) is 0 Å². The zero-order valence-electron chi connectivity index (χ0n) is 9.38. The number of thiophene rings is 2. The Morgan fingerprint density at radius 1 is 1.29 bits per heavy atom. The van der Waals surface area contributed by atoms with Crippen LogP contribution in [-0.4, -0.2) is 19.6 Å². The molecule has 2 aromatic rings. The average Bonchev–Trinajstić information content (AvgIpc) is 3.01. The van der Waals surface area contributed by atoms with Gasteiger partial charge >= 0.3 is 5.97 Å². The van der Waals surface area contributed by atoms with E-state index in [4.69, 9.17) is 0 Å². The lowest BCUT2D eigenvalue weighted by Gasteiger charge is -2.15. The summed E-state index contributed by atoms with van der Waals surface area (Å²) >= 11 is 3.36. The Balaban J connectivity index is 2.11. The summed E-state index contributed by atoms with van der Waals surface area (Å²) < 4.78 is 4.64. The highest BCUT2D eigenvalue weighted by Gasteiger charge is 2.16. The Hall–Kier alpha value is -1.17. The fourth-order valence-electron chi connectivity index (χ4n) is 1.51. The minimum Gasteiger partial charge on any atom is -0.468 e. The minimum absolute atomic E-state index is 0.0779. The lowest BCUT2D eigenvalue weighted by Crippen LogP contribution is -2.28. The molecule has 5 heteroatoms. The number of rotatable bonds is 5. The summed E-state index contributed by atoms with van der Waals surface area (Å²) in [5.41, 5.74) is 0. The first kappa shape index (κ1) is 12.3. The maximum atomic E-state index is 11.2. The van der Waals surface area contributed by atoms with Crippen molar-refractivity contribution >= 4 is 28.6 Å². The van der Waals surface area contributed by atoms with Crippen molar-refractivity contribution in [3.05, 3.63) is 44.8 Å². The Bertz CT molecular complexity index is 417. The topological polar surface area (TPSA) is 38.3 Å². The van der Waals surface area contributed by atoms with Crippen LogP contribution in [0, 0.1) is 0 Å². The summed E-state index contributed by atoms with van der Waals surface area (Å²) in [5.74, 6) is -0.247. The molecule has 3 nitrogen and oxygen atoms in total. The highest BCUT2D eigenvalue weighted by Crippen LogP contribution is 2.28. The van der Waals surface area contributed by atoms with Gasteiger partial charge < -0.3 is 4.74 Å². The number of methoxy groups -OCH3 is 1. The molecule has 0 aliphatic carbocycles. The molecule has 2 heterocycles. The van der Waals surface area contributed by atoms with Crippen molar-refractivity contribution < 1.29 is 9.53 Å². The van der Waals surface area contributed by atoms with Crippen molar-refractivity contribution in [1.82, 2.24) is 5.32 Å². The maximum Gasteiger partial charge on any atom is 0.319 e. The van der Waals surface area contributed by atoms with Crippen LogP contribution in [0.15, 0.2) is 35.0 Å². The van der Waals surface area contributed by atoms with Gasteiger partial charge in [0, 0.05) is 9.75 Å². The lowest BCUT2D eigenvalue weighted by atomic mass is 10.2. The highest BCUT2D eigenvalue weighted by molar-refractivity contribution is 7.11. The second-order valence-corrected chi connectivity index (χ2v) is 5.38. The quantitative estimate of drug-likeness (QED) is 0.846. The summed E-state index contributed by atoms with van der Waals surface area (Å²) in [5, 5.41) is 7.30. The van der Waals surface area contributed by atoms with Crippen molar-refractivity contribution in [3.8, 4) is 0 Å². The van der Waals surface area contributed by atoms with Gasteiger partial charge in [0.15, 0.2) is 0 Å². The van der Waals surface area contributed by atoms with E-state index in [0.717, 1.165) is 0 Å². The highest BCUT2D eigenvalue weighted by atomic mass is 32.1.